The second-order valence-electron chi connectivity index (χ2n) is 20.1. The van der Waals surface area contributed by atoms with E-state index < -0.39 is 35.5 Å². The highest BCUT2D eigenvalue weighted by Gasteiger charge is 2.37. The Morgan fingerprint density at radius 2 is 1.05 bits per heavy atom. The van der Waals surface area contributed by atoms with Gasteiger partial charge in [-0.1, -0.05) is 66.7 Å². The highest BCUT2D eigenvalue weighted by Crippen LogP contribution is 2.38. The molecule has 454 valence electrons. The van der Waals surface area contributed by atoms with Crippen molar-refractivity contribution in [3.63, 3.8) is 0 Å². The van der Waals surface area contributed by atoms with E-state index in [0.29, 0.717) is 49.5 Å². The number of esters is 1. The topological polar surface area (TPSA) is 198 Å². The van der Waals surface area contributed by atoms with Gasteiger partial charge in [-0.15, -0.1) is 45.3 Å². The summed E-state index contributed by atoms with van der Waals surface area (Å²) in [5.41, 5.74) is -0.454. The van der Waals surface area contributed by atoms with Gasteiger partial charge in [0.25, 0.3) is 0 Å². The standard InChI is InChI=1S/C25H30FN5O3S.C21H22FN5O3S.C10H9NS.C3H2BrNS.I2/c1-24(2,3)34-22(32)17-33-18-25(26)9-12-30(13-10-25)20-15-27-16-21(29-20)31(23-28-11-14-35-23)19-7-5-4-6-8-19;22-21(15-30-14-19(28)29)6-9-26(10-7-21)17-12-23-13-18(25-17)27(20-24-8-11-31-20)16-4-2-1-3-5-16;1-2-4-9(5-3-1)8-10-11-6-7-12-10;4-3-5-1-2-6-3;1-2/h4-8,11,14-16H,9-10,12-13,17-18H2,1-3H3;1-5,8,11-13H,6-7,9-10,14-15H2,(H,28,29);1-7H,8H2;1-2H;. The van der Waals surface area contributed by atoms with Crippen LogP contribution in [0.1, 0.15) is 57.0 Å². The minimum absolute atomic E-state index is 0.141. The molecule has 0 unspecified atom stereocenters. The number of carboxylic acid groups (broad SMARTS) is 1. The third kappa shape index (κ3) is 22.1. The summed E-state index contributed by atoms with van der Waals surface area (Å²) in [6.45, 7) is 6.05. The molecular weight excluding hydrogens is 1470 g/mol. The maximum Gasteiger partial charge on any atom is 0.332 e. The van der Waals surface area contributed by atoms with Crippen molar-refractivity contribution < 1.29 is 37.7 Å². The molecule has 0 aliphatic carbocycles. The molecule has 0 bridgehead atoms. The van der Waals surface area contributed by atoms with Crippen molar-refractivity contribution in [2.24, 2.45) is 0 Å². The number of carbonyl (C=O) groups excluding carboxylic acids is 1. The first-order valence-corrected chi connectivity index (χ1v) is 37.4. The largest absolute Gasteiger partial charge is 0.480 e. The molecule has 0 atom stereocenters. The zero-order valence-corrected chi connectivity index (χ0v) is 56.3. The summed E-state index contributed by atoms with van der Waals surface area (Å²) in [6.07, 6.45) is 15.8. The SMILES string of the molecule is Brc1nccs1.CC(C)(C)OC(=O)COCC1(F)CCN(c2cncc(N(c3ccccc3)c3nccs3)n2)CC1.II.O=C(O)COCC1(F)CCN(c2cncc(N(c3ccccc3)c3nccs3)n2)CC1.c1ccc(Cc2nccs2)cc1. The van der Waals surface area contributed by atoms with Crippen LogP contribution in [0.2, 0.25) is 0 Å². The summed E-state index contributed by atoms with van der Waals surface area (Å²) < 4.78 is 46.7. The Hall–Kier alpha value is -5.80. The molecule has 3 aromatic carbocycles. The number of aliphatic carboxylic acids is 1. The van der Waals surface area contributed by atoms with Gasteiger partial charge in [0.05, 0.1) is 43.0 Å². The van der Waals surface area contributed by atoms with Gasteiger partial charge in [0, 0.05) is 153 Å². The number of benzene rings is 3. The molecule has 0 saturated carbocycles. The van der Waals surface area contributed by atoms with Gasteiger partial charge in [0.15, 0.2) is 25.8 Å². The van der Waals surface area contributed by atoms with Crippen molar-refractivity contribution in [3.05, 3.63) is 177 Å². The normalized spacial score (nSPS) is 14.0. The Morgan fingerprint density at radius 3 is 1.43 bits per heavy atom. The molecule has 2 aliphatic heterocycles. The molecular formula is C59H63BrF2I2N12O6S4. The second kappa shape index (κ2) is 34.7. The fourth-order valence-corrected chi connectivity index (χ4v) is 11.4. The van der Waals surface area contributed by atoms with Gasteiger partial charge in [-0.25, -0.2) is 48.3 Å². The van der Waals surface area contributed by atoms with Crippen molar-refractivity contribution in [1.82, 2.24) is 39.9 Å². The van der Waals surface area contributed by atoms with E-state index >= 15 is 4.39 Å². The first kappa shape index (κ1) is 67.7. The van der Waals surface area contributed by atoms with E-state index in [0.717, 1.165) is 32.0 Å². The number of carboxylic acids is 1. The smallest absolute Gasteiger partial charge is 0.332 e. The van der Waals surface area contributed by atoms with Crippen molar-refractivity contribution in [1.29, 1.82) is 0 Å². The lowest BCUT2D eigenvalue weighted by molar-refractivity contribution is -0.161. The number of carbonyl (C=O) groups is 2. The van der Waals surface area contributed by atoms with Crippen LogP contribution in [0.25, 0.3) is 0 Å². The molecule has 18 nitrogen and oxygen atoms in total. The summed E-state index contributed by atoms with van der Waals surface area (Å²) in [5.74, 6) is 1.01. The van der Waals surface area contributed by atoms with Crippen LogP contribution in [0.15, 0.2) is 166 Å². The molecule has 9 aromatic rings. The molecule has 0 spiro atoms. The third-order valence-electron chi connectivity index (χ3n) is 12.6. The highest BCUT2D eigenvalue weighted by atomic mass is 128. The Morgan fingerprint density at radius 1 is 0.616 bits per heavy atom. The molecule has 11 rings (SSSR count). The summed E-state index contributed by atoms with van der Waals surface area (Å²) in [7, 11) is 0. The summed E-state index contributed by atoms with van der Waals surface area (Å²) in [4.78, 5) is 65.7. The first-order chi connectivity index (χ1) is 41.6. The van der Waals surface area contributed by atoms with Gasteiger partial charge in [0.2, 0.25) is 0 Å². The number of aromatic nitrogens is 8. The van der Waals surface area contributed by atoms with Crippen molar-refractivity contribution in [2.75, 3.05) is 72.2 Å². The molecule has 2 fully saturated rings. The fraction of sp³-hybridized carbons (Fsp3) is 0.322. The van der Waals surface area contributed by atoms with E-state index in [4.69, 9.17) is 29.3 Å². The molecule has 27 heteroatoms. The minimum atomic E-state index is -1.53. The Labute approximate surface area is 546 Å². The molecule has 86 heavy (non-hydrogen) atoms. The summed E-state index contributed by atoms with van der Waals surface area (Å²) in [6, 6.07) is 30.1. The number of hydrogen-bond acceptors (Lipinski definition) is 21. The molecule has 2 saturated heterocycles. The van der Waals surface area contributed by atoms with Crippen molar-refractivity contribution in [3.8, 4) is 0 Å². The van der Waals surface area contributed by atoms with E-state index in [1.807, 2.05) is 114 Å². The number of alkyl halides is 2. The number of halogens is 5. The minimum Gasteiger partial charge on any atom is -0.480 e. The molecule has 8 heterocycles. The summed E-state index contributed by atoms with van der Waals surface area (Å²) in [5, 5.41) is 19.2. The van der Waals surface area contributed by atoms with Crippen LogP contribution in [0, 0.1) is 0 Å². The van der Waals surface area contributed by atoms with E-state index in [9.17, 15) is 14.0 Å². The summed E-state index contributed by atoms with van der Waals surface area (Å²) >= 11 is 13.7. The van der Waals surface area contributed by atoms with E-state index in [2.05, 4.69) is 107 Å². The average molecular weight is 1540 g/mol. The predicted molar refractivity (Wildman–Crippen MR) is 360 cm³/mol. The first-order valence-electron chi connectivity index (χ1n) is 26.8. The van der Waals surface area contributed by atoms with Crippen LogP contribution >= 0.6 is 98.5 Å². The number of nitrogens with zero attached hydrogens (tertiary/aromatic N) is 12. The van der Waals surface area contributed by atoms with Crippen LogP contribution < -0.4 is 19.6 Å². The van der Waals surface area contributed by atoms with Crippen LogP contribution in [-0.2, 0) is 30.2 Å². The van der Waals surface area contributed by atoms with Gasteiger partial charge in [-0.3, -0.25) is 19.8 Å². The maximum absolute atomic E-state index is 15.3. The quantitative estimate of drug-likeness (QED) is 0.0628. The molecule has 1 N–H and O–H groups in total. The average Bonchev–Trinajstić information content (AvgIpc) is 2.23. The van der Waals surface area contributed by atoms with Gasteiger partial charge < -0.3 is 29.1 Å². The number of thiazole rings is 4. The second-order valence-corrected chi connectivity index (χ2v) is 25.0. The zero-order chi connectivity index (χ0) is 61.2. The number of para-hydroxylation sites is 2. The molecule has 0 amide bonds. The number of anilines is 8. The van der Waals surface area contributed by atoms with Gasteiger partial charge in [-0.2, -0.15) is 0 Å². The van der Waals surface area contributed by atoms with Crippen molar-refractivity contribution >= 4 is 155 Å². The monoisotopic (exact) mass is 1530 g/mol. The lowest BCUT2D eigenvalue weighted by Crippen LogP contribution is -2.45. The predicted octanol–water partition coefficient (Wildman–Crippen LogP) is 15.3. The van der Waals surface area contributed by atoms with Gasteiger partial charge in [-0.05, 0) is 66.5 Å². The Bertz CT molecular complexity index is 3340. The zero-order valence-electron chi connectivity index (χ0n) is 47.2. The number of hydrogen-bond donors (Lipinski definition) is 1. The van der Waals surface area contributed by atoms with E-state index in [1.165, 1.54) is 33.2 Å². The lowest BCUT2D eigenvalue weighted by Gasteiger charge is -2.36. The van der Waals surface area contributed by atoms with Crippen LogP contribution in [0.4, 0.5) is 53.7 Å². The Kier molecular flexibility index (Phi) is 27.3. The number of rotatable bonds is 18. The number of piperidine rings is 2. The maximum atomic E-state index is 15.3. The van der Waals surface area contributed by atoms with Gasteiger partial charge in [0.1, 0.15) is 41.8 Å². The van der Waals surface area contributed by atoms with Crippen LogP contribution in [0.5, 0.6) is 0 Å². The highest BCUT2D eigenvalue weighted by molar-refractivity contribution is 15.0. The van der Waals surface area contributed by atoms with E-state index in [1.54, 1.807) is 86.8 Å². The van der Waals surface area contributed by atoms with Crippen LogP contribution in [0.3, 0.4) is 0 Å². The molecule has 0 radical (unpaired) electrons. The number of ether oxygens (including phenoxy) is 3. The fourth-order valence-electron chi connectivity index (χ4n) is 8.59. The molecule has 6 aromatic heterocycles. The molecule has 2 aliphatic rings. The Balaban J connectivity index is 0.000000187. The third-order valence-corrected chi connectivity index (χ3v) is 16.2. The lowest BCUT2D eigenvalue weighted by atomic mass is 9.94. The van der Waals surface area contributed by atoms with Crippen molar-refractivity contribution in [2.45, 2.75) is 69.8 Å². The van der Waals surface area contributed by atoms with Gasteiger partial charge >= 0.3 is 11.9 Å². The van der Waals surface area contributed by atoms with E-state index in [-0.39, 0.29) is 45.5 Å². The van der Waals surface area contributed by atoms with Crippen LogP contribution in [-0.4, -0.2) is 126 Å².